The topological polar surface area (TPSA) is 191 Å². The molecule has 0 bridgehead atoms. The van der Waals surface area contributed by atoms with Crippen LogP contribution in [-0.2, 0) is 33.5 Å². The number of rotatable bonds is 16. The van der Waals surface area contributed by atoms with Crippen molar-refractivity contribution in [2.45, 2.75) is 82.8 Å². The first-order valence-electron chi connectivity index (χ1n) is 18.3. The number of piperazine rings is 1. The smallest absolute Gasteiger partial charge is 0.469 e. The molecule has 1 saturated carbocycles. The Labute approximate surface area is 308 Å². The van der Waals surface area contributed by atoms with E-state index < -0.39 is 36.0 Å². The number of aromatic nitrogens is 2. The van der Waals surface area contributed by atoms with Gasteiger partial charge in [0.1, 0.15) is 12.1 Å². The zero-order chi connectivity index (χ0) is 37.7. The number of hydrogen-bond donors (Lipinski definition) is 2. The Morgan fingerprint density at radius 2 is 1.72 bits per heavy atom. The molecule has 2 N–H and O–H groups in total. The summed E-state index contributed by atoms with van der Waals surface area (Å²) < 4.78 is 17.1. The van der Waals surface area contributed by atoms with Gasteiger partial charge in [-0.2, -0.15) is 5.10 Å². The Morgan fingerprint density at radius 3 is 2.40 bits per heavy atom. The van der Waals surface area contributed by atoms with E-state index in [0.717, 1.165) is 32.1 Å². The van der Waals surface area contributed by atoms with Crippen molar-refractivity contribution in [1.29, 1.82) is 0 Å². The van der Waals surface area contributed by atoms with Gasteiger partial charge in [-0.05, 0) is 57.1 Å². The summed E-state index contributed by atoms with van der Waals surface area (Å²) in [7, 11) is 1.24. The van der Waals surface area contributed by atoms with Crippen molar-refractivity contribution < 1.29 is 47.8 Å². The largest absolute Gasteiger partial charge is 0.527 e. The molecule has 2 aliphatic heterocycles. The van der Waals surface area contributed by atoms with Crippen molar-refractivity contribution in [3.05, 3.63) is 42.1 Å². The Kier molecular flexibility index (Phi) is 14.0. The SMILES string of the molecule is CCCCOC(=O)ON1CCN(C(=O)[C@H](CCC(=O)OC)NC(=O)c2cc(OCC(=O)N3CCC[C@H]3C(=O)NC3CCC3)n(-c3ccccc3)n2)CC1. The molecule has 1 aromatic heterocycles. The average molecular weight is 740 g/mol. The van der Waals surface area contributed by atoms with E-state index in [4.69, 9.17) is 19.0 Å². The minimum Gasteiger partial charge on any atom is -0.469 e. The monoisotopic (exact) mass is 739 g/mol. The quantitative estimate of drug-likeness (QED) is 0.188. The van der Waals surface area contributed by atoms with Gasteiger partial charge in [0.2, 0.25) is 17.7 Å². The molecule has 0 unspecified atom stereocenters. The van der Waals surface area contributed by atoms with Crippen molar-refractivity contribution in [2.24, 2.45) is 0 Å². The number of hydroxylamine groups is 2. The molecule has 17 nitrogen and oxygen atoms in total. The number of ether oxygens (including phenoxy) is 3. The van der Waals surface area contributed by atoms with Gasteiger partial charge < -0.3 is 39.5 Å². The van der Waals surface area contributed by atoms with Crippen molar-refractivity contribution in [1.82, 2.24) is 35.3 Å². The summed E-state index contributed by atoms with van der Waals surface area (Å²) in [5.41, 5.74) is 0.464. The second-order valence-corrected chi connectivity index (χ2v) is 13.2. The standard InChI is InChI=1S/C36H49N7O10/c1-3-4-22-51-36(49)53-41-20-18-40(19-21-41)35(48)27(15-16-32(45)50-2)38-33(46)28-23-31(43(39-28)26-12-6-5-7-13-26)52-24-30(44)42-17-9-14-29(42)34(47)37-25-10-8-11-25/h5-7,12-13,23,25,27,29H,3-4,8-11,14-22,24H2,1-2H3,(H,37,47)(H,38,46)/t27-,29-/m0/s1. The highest BCUT2D eigenvalue weighted by atomic mass is 16.8. The third-order valence-electron chi connectivity index (χ3n) is 9.52. The third-order valence-corrected chi connectivity index (χ3v) is 9.52. The van der Waals surface area contributed by atoms with Crippen LogP contribution in [0.2, 0.25) is 0 Å². The van der Waals surface area contributed by atoms with E-state index in [1.54, 1.807) is 24.3 Å². The van der Waals surface area contributed by atoms with Gasteiger partial charge in [-0.15, -0.1) is 5.06 Å². The van der Waals surface area contributed by atoms with E-state index in [9.17, 15) is 28.8 Å². The molecule has 3 aliphatic rings. The number of amides is 4. The van der Waals surface area contributed by atoms with Gasteiger partial charge >= 0.3 is 12.1 Å². The lowest BCUT2D eigenvalue weighted by Crippen LogP contribution is -2.55. The lowest BCUT2D eigenvalue weighted by molar-refractivity contribution is -0.158. The molecule has 0 radical (unpaired) electrons. The first kappa shape index (κ1) is 39.0. The zero-order valence-corrected chi connectivity index (χ0v) is 30.3. The summed E-state index contributed by atoms with van der Waals surface area (Å²) in [5, 5.41) is 11.6. The van der Waals surface area contributed by atoms with Gasteiger partial charge in [-0.3, -0.25) is 24.0 Å². The van der Waals surface area contributed by atoms with Crippen LogP contribution in [0.4, 0.5) is 4.79 Å². The molecule has 53 heavy (non-hydrogen) atoms. The predicted molar refractivity (Wildman–Crippen MR) is 188 cm³/mol. The van der Waals surface area contributed by atoms with Crippen LogP contribution in [0.25, 0.3) is 5.69 Å². The fraction of sp³-hybridized carbons (Fsp3) is 0.583. The van der Waals surface area contributed by atoms with Crippen LogP contribution in [0.3, 0.4) is 0 Å². The Hall–Kier alpha value is -5.19. The predicted octanol–water partition coefficient (Wildman–Crippen LogP) is 1.97. The van der Waals surface area contributed by atoms with Crippen LogP contribution in [0, 0.1) is 0 Å². The van der Waals surface area contributed by atoms with E-state index >= 15 is 0 Å². The maximum absolute atomic E-state index is 13.7. The third kappa shape index (κ3) is 10.7. The molecule has 1 aromatic carbocycles. The molecule has 5 rings (SSSR count). The summed E-state index contributed by atoms with van der Waals surface area (Å²) in [6, 6.07) is 8.74. The van der Waals surface area contributed by atoms with Gasteiger partial charge in [0.25, 0.3) is 11.8 Å². The number of nitrogens with zero attached hydrogens (tertiary/aromatic N) is 5. The lowest BCUT2D eigenvalue weighted by atomic mass is 9.93. The van der Waals surface area contributed by atoms with Gasteiger partial charge in [0.15, 0.2) is 12.3 Å². The second kappa shape index (κ2) is 19.0. The number of para-hydroxylation sites is 1. The fourth-order valence-corrected chi connectivity index (χ4v) is 6.24. The Bertz CT molecular complexity index is 1590. The van der Waals surface area contributed by atoms with Gasteiger partial charge in [0.05, 0.1) is 32.5 Å². The maximum atomic E-state index is 13.7. The molecule has 2 atom stereocenters. The number of hydrogen-bond acceptors (Lipinski definition) is 12. The Balaban J connectivity index is 1.24. The van der Waals surface area contributed by atoms with Crippen LogP contribution in [0.5, 0.6) is 5.88 Å². The summed E-state index contributed by atoms with van der Waals surface area (Å²) in [6.45, 7) is 3.10. The van der Waals surface area contributed by atoms with Crippen LogP contribution in [0.15, 0.2) is 36.4 Å². The van der Waals surface area contributed by atoms with E-state index in [0.29, 0.717) is 25.1 Å². The number of nitrogens with one attached hydrogen (secondary N) is 2. The molecule has 288 valence electrons. The van der Waals surface area contributed by atoms with Crippen molar-refractivity contribution in [2.75, 3.05) is 53.0 Å². The van der Waals surface area contributed by atoms with E-state index in [1.165, 1.54) is 32.7 Å². The molecule has 3 heterocycles. The molecule has 17 heteroatoms. The number of unbranched alkanes of at least 4 members (excludes halogenated alkanes) is 1. The maximum Gasteiger partial charge on any atom is 0.527 e. The van der Waals surface area contributed by atoms with Crippen LogP contribution in [-0.4, -0.2) is 132 Å². The number of carbonyl (C=O) groups is 6. The highest BCUT2D eigenvalue weighted by Crippen LogP contribution is 2.24. The van der Waals surface area contributed by atoms with Crippen molar-refractivity contribution >= 4 is 35.8 Å². The first-order chi connectivity index (χ1) is 25.7. The molecular formula is C36H49N7O10. The van der Waals surface area contributed by atoms with Crippen molar-refractivity contribution in [3.63, 3.8) is 0 Å². The summed E-state index contributed by atoms with van der Waals surface area (Å²) in [5.74, 6) is -2.10. The van der Waals surface area contributed by atoms with E-state index in [-0.39, 0.29) is 81.7 Å². The number of methoxy groups -OCH3 is 1. The van der Waals surface area contributed by atoms with Gasteiger partial charge in [-0.1, -0.05) is 31.5 Å². The van der Waals surface area contributed by atoms with E-state index in [2.05, 4.69) is 15.7 Å². The first-order valence-corrected chi connectivity index (χ1v) is 18.3. The molecule has 1 aliphatic carbocycles. The fourth-order valence-electron chi connectivity index (χ4n) is 6.24. The molecule has 2 aromatic rings. The normalized spacial score (nSPS) is 18.0. The molecular weight excluding hydrogens is 690 g/mol. The summed E-state index contributed by atoms with van der Waals surface area (Å²) >= 11 is 0. The van der Waals surface area contributed by atoms with Crippen molar-refractivity contribution in [3.8, 4) is 11.6 Å². The highest BCUT2D eigenvalue weighted by molar-refractivity contribution is 5.96. The number of esters is 1. The molecule has 2 saturated heterocycles. The Morgan fingerprint density at radius 1 is 0.962 bits per heavy atom. The zero-order valence-electron chi connectivity index (χ0n) is 30.3. The van der Waals surface area contributed by atoms with Gasteiger partial charge in [-0.25, -0.2) is 9.48 Å². The lowest BCUT2D eigenvalue weighted by Gasteiger charge is -2.35. The minimum absolute atomic E-state index is 0.0414. The average Bonchev–Trinajstić information content (AvgIpc) is 3.83. The summed E-state index contributed by atoms with van der Waals surface area (Å²) in [6.07, 6.45) is 4.85. The molecule has 0 spiro atoms. The van der Waals surface area contributed by atoms with Gasteiger partial charge in [0, 0.05) is 38.2 Å². The second-order valence-electron chi connectivity index (χ2n) is 13.2. The number of likely N-dealkylation sites (tertiary alicyclic amines) is 1. The summed E-state index contributed by atoms with van der Waals surface area (Å²) in [4.78, 5) is 85.9. The van der Waals surface area contributed by atoms with Crippen LogP contribution < -0.4 is 15.4 Å². The van der Waals surface area contributed by atoms with Crippen LogP contribution >= 0.6 is 0 Å². The van der Waals surface area contributed by atoms with E-state index in [1.807, 2.05) is 13.0 Å². The molecule has 4 amide bonds. The minimum atomic E-state index is -1.11. The number of carbonyl (C=O) groups excluding carboxylic acids is 6. The highest BCUT2D eigenvalue weighted by Gasteiger charge is 2.36. The van der Waals surface area contributed by atoms with Crippen LogP contribution in [0.1, 0.15) is 75.2 Å². The molecule has 3 fully saturated rings. The number of benzene rings is 1.